The molecule has 0 unspecified atom stereocenters. The van der Waals surface area contributed by atoms with Crippen LogP contribution < -0.4 is 4.74 Å². The summed E-state index contributed by atoms with van der Waals surface area (Å²) in [5.74, 6) is 0.378. The van der Waals surface area contributed by atoms with Crippen LogP contribution >= 0.6 is 0 Å². The van der Waals surface area contributed by atoms with Gasteiger partial charge in [-0.2, -0.15) is 0 Å². The molecule has 0 spiro atoms. The molecule has 3 N–H and O–H groups in total. The van der Waals surface area contributed by atoms with Gasteiger partial charge in [-0.1, -0.05) is 43.6 Å². The van der Waals surface area contributed by atoms with E-state index in [9.17, 15) is 15.3 Å². The number of fused-ring (bicyclic) bond motifs is 15. The highest BCUT2D eigenvalue weighted by molar-refractivity contribution is 5.54. The summed E-state index contributed by atoms with van der Waals surface area (Å²) in [6, 6.07) is 8.42. The van der Waals surface area contributed by atoms with Crippen LogP contribution in [0.3, 0.4) is 0 Å². The highest BCUT2D eigenvalue weighted by atomic mass is 16.5. The predicted molar refractivity (Wildman–Crippen MR) is 130 cm³/mol. The molecule has 4 nitrogen and oxygen atoms in total. The Hall–Kier alpha value is -2.88. The van der Waals surface area contributed by atoms with Crippen molar-refractivity contribution < 1.29 is 20.1 Å². The smallest absolute Gasteiger partial charge is 0.210 e. The number of hydrogen-bond acceptors (Lipinski definition) is 4. The number of rotatable bonds is 0. The van der Waals surface area contributed by atoms with Gasteiger partial charge in [0.25, 0.3) is 0 Å². The number of hydrogen-bond donors (Lipinski definition) is 3. The Morgan fingerprint density at radius 2 is 1.12 bits per heavy atom. The maximum Gasteiger partial charge on any atom is 0.210 e. The lowest BCUT2D eigenvalue weighted by Gasteiger charge is -2.13. The Labute approximate surface area is 191 Å². The molecule has 0 saturated heterocycles. The van der Waals surface area contributed by atoms with E-state index in [1.54, 1.807) is 18.2 Å². The van der Waals surface area contributed by atoms with Crippen LogP contribution in [-0.4, -0.2) is 15.3 Å². The number of aryl methyl sites for hydroxylation is 2. The molecule has 0 saturated carbocycles. The summed E-state index contributed by atoms with van der Waals surface area (Å²) in [5.41, 5.74) is 1.87. The standard InChI is InChI=1S/C28H36O4/c29-24-17-22-15-13-11-9-7-5-3-1-2-4-6-8-10-12-14-16-23-19-26(30)28(27(31)20-23)32-25(18-22)21-24/h1,3-4,6,17-21,29-31H,2,5,7-16H2. The van der Waals surface area contributed by atoms with E-state index in [-0.39, 0.29) is 23.0 Å². The van der Waals surface area contributed by atoms with Crippen LogP contribution in [0.5, 0.6) is 28.7 Å². The third-order valence-corrected chi connectivity index (χ3v) is 5.81. The Morgan fingerprint density at radius 1 is 0.562 bits per heavy atom. The maximum atomic E-state index is 10.4. The largest absolute Gasteiger partial charge is 0.508 e. The highest BCUT2D eigenvalue weighted by Crippen LogP contribution is 2.41. The van der Waals surface area contributed by atoms with Crippen molar-refractivity contribution in [3.05, 3.63) is 65.8 Å². The molecule has 2 aromatic rings. The minimum Gasteiger partial charge on any atom is -0.508 e. The quantitative estimate of drug-likeness (QED) is 0.370. The van der Waals surface area contributed by atoms with E-state index >= 15 is 0 Å². The topological polar surface area (TPSA) is 69.9 Å². The third-order valence-electron chi connectivity index (χ3n) is 5.81. The second-order valence-corrected chi connectivity index (χ2v) is 8.63. The van der Waals surface area contributed by atoms with Crippen LogP contribution in [0.25, 0.3) is 0 Å². The highest BCUT2D eigenvalue weighted by Gasteiger charge is 2.14. The van der Waals surface area contributed by atoms with Gasteiger partial charge in [0.1, 0.15) is 11.5 Å². The number of phenolic OH excluding ortho intramolecular Hbond substituents is 3. The Kier molecular flexibility index (Phi) is 9.55. The van der Waals surface area contributed by atoms with Gasteiger partial charge in [-0.25, -0.2) is 0 Å². The normalized spacial score (nSPS) is 16.9. The number of phenols is 3. The first-order chi connectivity index (χ1) is 15.6. The van der Waals surface area contributed by atoms with Crippen LogP contribution in [-0.2, 0) is 12.8 Å². The van der Waals surface area contributed by atoms with Crippen molar-refractivity contribution in [3.63, 3.8) is 0 Å². The minimum atomic E-state index is -0.0877. The summed E-state index contributed by atoms with van der Waals surface area (Å²) in [6.07, 6.45) is 21.7. The molecule has 32 heavy (non-hydrogen) atoms. The lowest BCUT2D eigenvalue weighted by atomic mass is 10.0. The van der Waals surface area contributed by atoms with E-state index in [4.69, 9.17) is 4.74 Å². The second kappa shape index (κ2) is 12.8. The zero-order chi connectivity index (χ0) is 22.6. The van der Waals surface area contributed by atoms with E-state index < -0.39 is 0 Å². The van der Waals surface area contributed by atoms with Gasteiger partial charge < -0.3 is 20.1 Å². The van der Waals surface area contributed by atoms with Crippen LogP contribution in [0.1, 0.15) is 75.3 Å². The van der Waals surface area contributed by atoms with Crippen LogP contribution in [0.15, 0.2) is 54.6 Å². The molecule has 2 aromatic carbocycles. The summed E-state index contributed by atoms with van der Waals surface area (Å²) >= 11 is 0. The van der Waals surface area contributed by atoms with E-state index in [1.165, 1.54) is 18.9 Å². The van der Waals surface area contributed by atoms with Crippen LogP contribution in [0, 0.1) is 0 Å². The minimum absolute atomic E-state index is 0.0259. The van der Waals surface area contributed by atoms with Crippen molar-refractivity contribution in [1.29, 1.82) is 0 Å². The van der Waals surface area contributed by atoms with E-state index in [0.29, 0.717) is 5.75 Å². The van der Waals surface area contributed by atoms with Gasteiger partial charge in [0.2, 0.25) is 5.75 Å². The number of benzene rings is 2. The van der Waals surface area contributed by atoms with Gasteiger partial charge in [-0.15, -0.1) is 0 Å². The van der Waals surface area contributed by atoms with Crippen molar-refractivity contribution in [2.24, 2.45) is 0 Å². The summed E-state index contributed by atoms with van der Waals surface area (Å²) in [7, 11) is 0. The molecule has 0 aromatic heterocycles. The van der Waals surface area contributed by atoms with E-state index in [1.807, 2.05) is 6.07 Å². The first kappa shape index (κ1) is 23.8. The van der Waals surface area contributed by atoms with Crippen LogP contribution in [0.2, 0.25) is 0 Å². The van der Waals surface area contributed by atoms with Crippen LogP contribution in [0.4, 0.5) is 0 Å². The first-order valence-corrected chi connectivity index (χ1v) is 12.0. The molecule has 0 radical (unpaired) electrons. The predicted octanol–water partition coefficient (Wildman–Crippen LogP) is 7.71. The Bertz CT molecular complexity index is 891. The number of allylic oxidation sites excluding steroid dienone is 4. The molecule has 0 atom stereocenters. The molecule has 2 heterocycles. The first-order valence-electron chi connectivity index (χ1n) is 12.0. The molecule has 0 fully saturated rings. The van der Waals surface area contributed by atoms with Gasteiger partial charge in [0, 0.05) is 6.07 Å². The monoisotopic (exact) mass is 436 g/mol. The maximum absolute atomic E-state index is 10.4. The molecule has 2 aliphatic heterocycles. The average molecular weight is 437 g/mol. The molecular formula is C28H36O4. The van der Waals surface area contributed by atoms with Crippen molar-refractivity contribution in [1.82, 2.24) is 0 Å². The number of ether oxygens (including phenoxy) is 1. The summed E-state index contributed by atoms with van der Waals surface area (Å²) in [4.78, 5) is 0. The van der Waals surface area contributed by atoms with E-state index in [2.05, 4.69) is 24.3 Å². The molecule has 4 rings (SSSR count). The molecule has 172 valence electrons. The number of aromatic hydroxyl groups is 3. The third kappa shape index (κ3) is 7.99. The van der Waals surface area contributed by atoms with Gasteiger partial charge in [0.15, 0.2) is 11.5 Å². The van der Waals surface area contributed by atoms with Crippen molar-refractivity contribution >= 4 is 0 Å². The summed E-state index contributed by atoms with van der Waals surface area (Å²) < 4.78 is 5.78. The molecular weight excluding hydrogens is 400 g/mol. The van der Waals surface area contributed by atoms with Crippen molar-refractivity contribution in [2.75, 3.05) is 0 Å². The van der Waals surface area contributed by atoms with Gasteiger partial charge in [-0.05, 0) is 93.2 Å². The van der Waals surface area contributed by atoms with Gasteiger partial charge >= 0.3 is 0 Å². The van der Waals surface area contributed by atoms with Gasteiger partial charge in [0.05, 0.1) is 0 Å². The van der Waals surface area contributed by atoms with Gasteiger partial charge in [-0.3, -0.25) is 0 Å². The molecule has 0 aliphatic carbocycles. The molecule has 4 heteroatoms. The zero-order valence-corrected chi connectivity index (χ0v) is 18.9. The average Bonchev–Trinajstić information content (AvgIpc) is 2.75. The van der Waals surface area contributed by atoms with E-state index in [0.717, 1.165) is 75.3 Å². The van der Waals surface area contributed by atoms with Crippen molar-refractivity contribution in [3.8, 4) is 28.7 Å². The fourth-order valence-electron chi connectivity index (χ4n) is 4.09. The second-order valence-electron chi connectivity index (χ2n) is 8.63. The SMILES string of the molecule is Oc1cc2cc(c1)Oc1c(O)cc(cc1O)CCCCCC=CCC=CCCCCCC2. The molecule has 2 aliphatic rings. The Morgan fingerprint density at radius 3 is 1.78 bits per heavy atom. The fraction of sp³-hybridized carbons (Fsp3) is 0.429. The lowest BCUT2D eigenvalue weighted by molar-refractivity contribution is 0.373. The summed E-state index contributed by atoms with van der Waals surface area (Å²) in [6.45, 7) is 0. The Balaban J connectivity index is 1.71. The summed E-state index contributed by atoms with van der Waals surface area (Å²) in [5, 5.41) is 31.0. The van der Waals surface area contributed by atoms with Crippen molar-refractivity contribution in [2.45, 2.75) is 77.0 Å². The molecule has 4 bridgehead atoms. The molecule has 0 amide bonds. The lowest BCUT2D eigenvalue weighted by Crippen LogP contribution is -1.92. The fourth-order valence-corrected chi connectivity index (χ4v) is 4.09. The zero-order valence-electron chi connectivity index (χ0n) is 18.9.